The third-order valence-electron chi connectivity index (χ3n) is 4.65. The third-order valence-corrected chi connectivity index (χ3v) is 4.65. The summed E-state index contributed by atoms with van der Waals surface area (Å²) < 4.78 is 11.7. The van der Waals surface area contributed by atoms with Crippen molar-refractivity contribution in [3.8, 4) is 0 Å². The Morgan fingerprint density at radius 1 is 0.917 bits per heavy atom. The summed E-state index contributed by atoms with van der Waals surface area (Å²) in [5, 5.41) is 0. The molecule has 0 N–H and O–H groups in total. The Balaban J connectivity index is 1.83. The fourth-order valence-corrected chi connectivity index (χ4v) is 3.43. The molecule has 2 aromatic rings. The third kappa shape index (κ3) is 4.44. The van der Waals surface area contributed by atoms with Gasteiger partial charge in [0.1, 0.15) is 0 Å². The van der Waals surface area contributed by atoms with Crippen LogP contribution in [-0.2, 0) is 9.47 Å². The highest BCUT2D eigenvalue weighted by molar-refractivity contribution is 5.22. The molecule has 0 bridgehead atoms. The number of hydrogen-bond donors (Lipinski definition) is 0. The van der Waals surface area contributed by atoms with Gasteiger partial charge in [-0.3, -0.25) is 4.90 Å². The van der Waals surface area contributed by atoms with E-state index in [1.807, 2.05) is 0 Å². The monoisotopic (exact) mass is 325 g/mol. The van der Waals surface area contributed by atoms with Gasteiger partial charge in [-0.2, -0.15) is 0 Å². The van der Waals surface area contributed by atoms with Crippen LogP contribution in [0.25, 0.3) is 0 Å². The van der Waals surface area contributed by atoms with Crippen LogP contribution in [0.3, 0.4) is 0 Å². The molecule has 3 rings (SSSR count). The van der Waals surface area contributed by atoms with E-state index in [9.17, 15) is 0 Å². The second-order valence-corrected chi connectivity index (χ2v) is 6.17. The summed E-state index contributed by atoms with van der Waals surface area (Å²) in [5.41, 5.74) is 2.62. The highest BCUT2D eigenvalue weighted by Gasteiger charge is 2.26. The maximum Gasteiger partial charge on any atom is 0.0843 e. The van der Waals surface area contributed by atoms with E-state index >= 15 is 0 Å². The highest BCUT2D eigenvalue weighted by atomic mass is 16.5. The van der Waals surface area contributed by atoms with Crippen LogP contribution in [0.4, 0.5) is 0 Å². The Hall–Kier alpha value is -1.68. The molecule has 3 heteroatoms. The summed E-state index contributed by atoms with van der Waals surface area (Å²) in [5.74, 6) is 0. The first-order valence-electron chi connectivity index (χ1n) is 8.91. The van der Waals surface area contributed by atoms with Crippen molar-refractivity contribution in [3.05, 3.63) is 71.8 Å². The Labute approximate surface area is 145 Å². The second-order valence-electron chi connectivity index (χ2n) is 6.17. The average molecular weight is 325 g/mol. The van der Waals surface area contributed by atoms with E-state index < -0.39 is 0 Å². The molecule has 0 spiro atoms. The summed E-state index contributed by atoms with van der Waals surface area (Å²) >= 11 is 0. The lowest BCUT2D eigenvalue weighted by Crippen LogP contribution is -2.39. The minimum Gasteiger partial charge on any atom is -0.379 e. The van der Waals surface area contributed by atoms with Crippen molar-refractivity contribution in [2.24, 2.45) is 0 Å². The molecule has 24 heavy (non-hydrogen) atoms. The van der Waals surface area contributed by atoms with E-state index in [2.05, 4.69) is 72.5 Å². The van der Waals surface area contributed by atoms with Gasteiger partial charge in [-0.1, -0.05) is 60.7 Å². The van der Waals surface area contributed by atoms with E-state index in [-0.39, 0.29) is 6.10 Å². The van der Waals surface area contributed by atoms with Crippen LogP contribution in [0.2, 0.25) is 0 Å². The molecule has 1 heterocycles. The molecule has 0 aliphatic carbocycles. The van der Waals surface area contributed by atoms with Crippen LogP contribution in [0.15, 0.2) is 60.7 Å². The van der Waals surface area contributed by atoms with Gasteiger partial charge >= 0.3 is 0 Å². The molecule has 1 aliphatic rings. The van der Waals surface area contributed by atoms with Gasteiger partial charge in [-0.05, 0) is 24.5 Å². The Kier molecular flexibility index (Phi) is 6.41. The molecule has 128 valence electrons. The number of hydrogen-bond acceptors (Lipinski definition) is 3. The highest BCUT2D eigenvalue weighted by Crippen LogP contribution is 2.33. The number of benzene rings is 2. The summed E-state index contributed by atoms with van der Waals surface area (Å²) in [4.78, 5) is 2.54. The standard InChI is InChI=1S/C21H27NO2/c1-2-24-21(19-11-7-4-8-12-19)17-20(18-9-5-3-6-10-18)22-13-15-23-16-14-22/h3-12,20-21H,2,13-17H2,1H3/t20-,21-/m0/s1. The van der Waals surface area contributed by atoms with Crippen LogP contribution in [0, 0.1) is 0 Å². The largest absolute Gasteiger partial charge is 0.379 e. The van der Waals surface area contributed by atoms with E-state index in [1.165, 1.54) is 11.1 Å². The lowest BCUT2D eigenvalue weighted by molar-refractivity contribution is -0.0116. The van der Waals surface area contributed by atoms with Crippen molar-refractivity contribution in [1.82, 2.24) is 4.90 Å². The Morgan fingerprint density at radius 2 is 1.50 bits per heavy atom. The average Bonchev–Trinajstić information content (AvgIpc) is 2.67. The quantitative estimate of drug-likeness (QED) is 0.760. The van der Waals surface area contributed by atoms with Crippen LogP contribution in [-0.4, -0.2) is 37.8 Å². The number of rotatable bonds is 7. The summed E-state index contributed by atoms with van der Waals surface area (Å²) in [6, 6.07) is 21.7. The van der Waals surface area contributed by atoms with Crippen LogP contribution < -0.4 is 0 Å². The first-order chi connectivity index (χ1) is 11.9. The smallest absolute Gasteiger partial charge is 0.0843 e. The molecule has 1 aliphatic heterocycles. The number of morpholine rings is 1. The van der Waals surface area contributed by atoms with E-state index in [4.69, 9.17) is 9.47 Å². The molecule has 2 aromatic carbocycles. The normalized spacial score (nSPS) is 18.2. The maximum absolute atomic E-state index is 6.11. The van der Waals surface area contributed by atoms with Gasteiger partial charge in [0.05, 0.1) is 19.3 Å². The minimum atomic E-state index is 0.115. The second kappa shape index (κ2) is 8.97. The van der Waals surface area contributed by atoms with E-state index in [0.29, 0.717) is 6.04 Å². The summed E-state index contributed by atoms with van der Waals surface area (Å²) in [6.45, 7) is 6.38. The van der Waals surface area contributed by atoms with E-state index in [0.717, 1.165) is 39.3 Å². The van der Waals surface area contributed by atoms with Gasteiger partial charge in [0.15, 0.2) is 0 Å². The lowest BCUT2D eigenvalue weighted by Gasteiger charge is -2.36. The van der Waals surface area contributed by atoms with E-state index in [1.54, 1.807) is 0 Å². The molecule has 1 fully saturated rings. The van der Waals surface area contributed by atoms with Crippen LogP contribution >= 0.6 is 0 Å². The Bertz CT molecular complexity index is 581. The molecule has 1 saturated heterocycles. The molecular weight excluding hydrogens is 298 g/mol. The molecule has 3 nitrogen and oxygen atoms in total. The van der Waals surface area contributed by atoms with Crippen molar-refractivity contribution >= 4 is 0 Å². The minimum absolute atomic E-state index is 0.115. The summed E-state index contributed by atoms with van der Waals surface area (Å²) in [7, 11) is 0. The van der Waals surface area contributed by atoms with Crippen LogP contribution in [0.5, 0.6) is 0 Å². The van der Waals surface area contributed by atoms with Crippen molar-refractivity contribution in [2.45, 2.75) is 25.5 Å². The molecule has 0 aromatic heterocycles. The van der Waals surface area contributed by atoms with Crippen molar-refractivity contribution in [3.63, 3.8) is 0 Å². The molecular formula is C21H27NO2. The zero-order valence-electron chi connectivity index (χ0n) is 14.4. The Morgan fingerprint density at radius 3 is 2.08 bits per heavy atom. The molecule has 0 unspecified atom stereocenters. The fourth-order valence-electron chi connectivity index (χ4n) is 3.43. The lowest BCUT2D eigenvalue weighted by atomic mass is 9.95. The zero-order chi connectivity index (χ0) is 16.6. The van der Waals surface area contributed by atoms with Gasteiger partial charge in [-0.25, -0.2) is 0 Å². The van der Waals surface area contributed by atoms with Crippen molar-refractivity contribution < 1.29 is 9.47 Å². The first-order valence-corrected chi connectivity index (χ1v) is 8.91. The van der Waals surface area contributed by atoms with Crippen molar-refractivity contribution in [2.75, 3.05) is 32.9 Å². The predicted octanol–water partition coefficient (Wildman–Crippen LogP) is 4.23. The first kappa shape index (κ1) is 17.2. The zero-order valence-corrected chi connectivity index (χ0v) is 14.4. The van der Waals surface area contributed by atoms with Crippen molar-refractivity contribution in [1.29, 1.82) is 0 Å². The molecule has 0 saturated carbocycles. The SMILES string of the molecule is CCO[C@@H](C[C@@H](c1ccccc1)N1CCOCC1)c1ccccc1. The van der Waals surface area contributed by atoms with Gasteiger partial charge in [-0.15, -0.1) is 0 Å². The van der Waals surface area contributed by atoms with Gasteiger partial charge in [0.25, 0.3) is 0 Å². The maximum atomic E-state index is 6.11. The predicted molar refractivity (Wildman–Crippen MR) is 97.0 cm³/mol. The molecule has 2 atom stereocenters. The van der Waals surface area contributed by atoms with Crippen LogP contribution in [0.1, 0.15) is 36.6 Å². The van der Waals surface area contributed by atoms with Gasteiger partial charge < -0.3 is 9.47 Å². The number of ether oxygens (including phenoxy) is 2. The topological polar surface area (TPSA) is 21.7 Å². The van der Waals surface area contributed by atoms with Gasteiger partial charge in [0.2, 0.25) is 0 Å². The van der Waals surface area contributed by atoms with Gasteiger partial charge in [0, 0.05) is 25.7 Å². The molecule has 0 amide bonds. The fraction of sp³-hybridized carbons (Fsp3) is 0.429. The molecule has 0 radical (unpaired) electrons. The number of nitrogens with zero attached hydrogens (tertiary/aromatic N) is 1. The summed E-state index contributed by atoms with van der Waals surface area (Å²) in [6.07, 6.45) is 1.08.